The molecule has 0 aliphatic rings. The molecular weight excluding hydrogens is 112 g/mol. The molecule has 0 aliphatic heterocycles. The van der Waals surface area contributed by atoms with Crippen molar-refractivity contribution in [1.29, 1.82) is 0 Å². The molecule has 2 heteroatoms. The van der Waals surface area contributed by atoms with Gasteiger partial charge in [-0.15, -0.1) is 0 Å². The zero-order valence-corrected chi connectivity index (χ0v) is 6.97. The minimum absolute atomic E-state index is 0.199. The summed E-state index contributed by atoms with van der Waals surface area (Å²) in [4.78, 5) is 0. The van der Waals surface area contributed by atoms with Crippen LogP contribution < -0.4 is 0 Å². The van der Waals surface area contributed by atoms with Crippen LogP contribution in [0.15, 0.2) is 5.10 Å². The molecule has 0 unspecified atom stereocenters. The summed E-state index contributed by atoms with van der Waals surface area (Å²) in [6, 6.07) is 0. The van der Waals surface area contributed by atoms with Gasteiger partial charge in [0, 0.05) is 20.3 Å². The molecule has 0 bridgehead atoms. The molecule has 0 aliphatic carbocycles. The Bertz CT molecular complexity index is 98.0. The molecule has 0 aromatic heterocycles. The van der Waals surface area contributed by atoms with Gasteiger partial charge in [0.2, 0.25) is 0 Å². The fraction of sp³-hybridized carbons (Fsp3) is 0.857. The van der Waals surface area contributed by atoms with Gasteiger partial charge in [-0.2, -0.15) is 5.10 Å². The maximum absolute atomic E-state index is 4.10. The zero-order valence-electron chi connectivity index (χ0n) is 6.97. The molecule has 0 spiro atoms. The summed E-state index contributed by atoms with van der Waals surface area (Å²) in [5.74, 6) is 0. The van der Waals surface area contributed by atoms with E-state index in [1.54, 1.807) is 5.01 Å². The Morgan fingerprint density at radius 2 is 1.67 bits per heavy atom. The predicted octanol–water partition coefficient (Wildman–Crippen LogP) is 1.58. The summed E-state index contributed by atoms with van der Waals surface area (Å²) >= 11 is 0. The molecule has 9 heavy (non-hydrogen) atoms. The average molecular weight is 128 g/mol. The first-order chi connectivity index (χ1) is 3.92. The van der Waals surface area contributed by atoms with Crippen LogP contribution in [0.1, 0.15) is 20.8 Å². The summed E-state index contributed by atoms with van der Waals surface area (Å²) in [5.41, 5.74) is 0.199. The van der Waals surface area contributed by atoms with Gasteiger partial charge in [-0.05, 0) is 5.41 Å². The highest BCUT2D eigenvalue weighted by atomic mass is 15.4. The van der Waals surface area contributed by atoms with E-state index in [1.165, 1.54) is 0 Å². The molecule has 0 N–H and O–H groups in total. The van der Waals surface area contributed by atoms with E-state index in [4.69, 9.17) is 0 Å². The van der Waals surface area contributed by atoms with E-state index >= 15 is 0 Å². The average Bonchev–Trinajstić information content (AvgIpc) is 1.59. The number of hydrogen-bond donors (Lipinski definition) is 0. The fourth-order valence-electron chi connectivity index (χ4n) is 0.289. The molecule has 0 amide bonds. The lowest BCUT2D eigenvalue weighted by Gasteiger charge is -2.12. The van der Waals surface area contributed by atoms with E-state index in [1.807, 2.05) is 20.3 Å². The molecule has 0 aromatic carbocycles. The lowest BCUT2D eigenvalue weighted by Crippen LogP contribution is -2.11. The number of rotatable bonds is 1. The highest BCUT2D eigenvalue weighted by molar-refractivity contribution is 5.63. The minimum Gasteiger partial charge on any atom is -0.303 e. The van der Waals surface area contributed by atoms with E-state index in [0.717, 1.165) is 0 Å². The van der Waals surface area contributed by atoms with Gasteiger partial charge in [-0.25, -0.2) is 0 Å². The Morgan fingerprint density at radius 3 is 1.78 bits per heavy atom. The lowest BCUT2D eigenvalue weighted by atomic mass is 9.99. The monoisotopic (exact) mass is 128 g/mol. The Labute approximate surface area is 57.6 Å². The van der Waals surface area contributed by atoms with Gasteiger partial charge in [-0.1, -0.05) is 20.8 Å². The predicted molar refractivity (Wildman–Crippen MR) is 41.6 cm³/mol. The third-order valence-corrected chi connectivity index (χ3v) is 0.676. The molecule has 0 aromatic rings. The van der Waals surface area contributed by atoms with Crippen molar-refractivity contribution in [2.24, 2.45) is 10.5 Å². The molecule has 0 heterocycles. The third-order valence-electron chi connectivity index (χ3n) is 0.676. The molecule has 0 rings (SSSR count). The van der Waals surface area contributed by atoms with Crippen LogP contribution in [0.2, 0.25) is 0 Å². The first-order valence-electron chi connectivity index (χ1n) is 3.14. The number of hydrazone groups is 1. The van der Waals surface area contributed by atoms with Crippen molar-refractivity contribution in [3.63, 3.8) is 0 Å². The smallest absolute Gasteiger partial charge is 0.0298 e. The van der Waals surface area contributed by atoms with Crippen LogP contribution in [0.3, 0.4) is 0 Å². The molecule has 54 valence electrons. The normalized spacial score (nSPS) is 12.6. The van der Waals surface area contributed by atoms with Crippen LogP contribution in [0.4, 0.5) is 0 Å². The van der Waals surface area contributed by atoms with E-state index in [2.05, 4.69) is 25.9 Å². The Morgan fingerprint density at radius 1 is 1.22 bits per heavy atom. The highest BCUT2D eigenvalue weighted by Gasteiger charge is 2.04. The number of hydrogen-bond acceptors (Lipinski definition) is 2. The topological polar surface area (TPSA) is 15.6 Å². The minimum atomic E-state index is 0.199. The maximum Gasteiger partial charge on any atom is 0.0298 e. The second-order valence-electron chi connectivity index (χ2n) is 3.46. The summed E-state index contributed by atoms with van der Waals surface area (Å²) in [5, 5.41) is 5.90. The van der Waals surface area contributed by atoms with Crippen molar-refractivity contribution in [3.8, 4) is 0 Å². The van der Waals surface area contributed by atoms with Crippen molar-refractivity contribution in [1.82, 2.24) is 5.01 Å². The summed E-state index contributed by atoms with van der Waals surface area (Å²) in [7, 11) is 3.84. The lowest BCUT2D eigenvalue weighted by molar-refractivity contribution is 0.430. The summed E-state index contributed by atoms with van der Waals surface area (Å²) in [6.07, 6.45) is 1.94. The quantitative estimate of drug-likeness (QED) is 0.386. The largest absolute Gasteiger partial charge is 0.303 e. The van der Waals surface area contributed by atoms with Gasteiger partial charge in [0.25, 0.3) is 0 Å². The SMILES string of the molecule is CN(C)N=CC(C)(C)C. The first-order valence-corrected chi connectivity index (χ1v) is 3.14. The molecular formula is C7H16N2. The second-order valence-corrected chi connectivity index (χ2v) is 3.46. The fourth-order valence-corrected chi connectivity index (χ4v) is 0.289. The van der Waals surface area contributed by atoms with E-state index in [-0.39, 0.29) is 5.41 Å². The first kappa shape index (κ1) is 8.47. The van der Waals surface area contributed by atoms with Crippen LogP contribution in [0.5, 0.6) is 0 Å². The van der Waals surface area contributed by atoms with E-state index < -0.39 is 0 Å². The van der Waals surface area contributed by atoms with Crippen molar-refractivity contribution in [2.75, 3.05) is 14.1 Å². The van der Waals surface area contributed by atoms with Gasteiger partial charge >= 0.3 is 0 Å². The molecule has 0 saturated carbocycles. The maximum atomic E-state index is 4.10. The van der Waals surface area contributed by atoms with Crippen LogP contribution in [-0.4, -0.2) is 25.3 Å². The van der Waals surface area contributed by atoms with Crippen molar-refractivity contribution in [2.45, 2.75) is 20.8 Å². The van der Waals surface area contributed by atoms with Crippen LogP contribution in [0, 0.1) is 5.41 Å². The second kappa shape index (κ2) is 2.85. The van der Waals surface area contributed by atoms with Gasteiger partial charge in [0.05, 0.1) is 0 Å². The van der Waals surface area contributed by atoms with Crippen LogP contribution in [0.25, 0.3) is 0 Å². The zero-order chi connectivity index (χ0) is 7.49. The third kappa shape index (κ3) is 7.47. The van der Waals surface area contributed by atoms with Crippen molar-refractivity contribution >= 4 is 6.21 Å². The Hall–Kier alpha value is -0.530. The molecule has 0 fully saturated rings. The van der Waals surface area contributed by atoms with E-state index in [0.29, 0.717) is 0 Å². The van der Waals surface area contributed by atoms with Gasteiger partial charge < -0.3 is 5.01 Å². The van der Waals surface area contributed by atoms with Crippen molar-refractivity contribution < 1.29 is 0 Å². The van der Waals surface area contributed by atoms with Gasteiger partial charge in [-0.3, -0.25) is 0 Å². The highest BCUT2D eigenvalue weighted by Crippen LogP contribution is 2.07. The van der Waals surface area contributed by atoms with E-state index in [9.17, 15) is 0 Å². The van der Waals surface area contributed by atoms with Gasteiger partial charge in [0.15, 0.2) is 0 Å². The number of nitrogens with zero attached hydrogens (tertiary/aromatic N) is 2. The molecule has 0 atom stereocenters. The van der Waals surface area contributed by atoms with Crippen molar-refractivity contribution in [3.05, 3.63) is 0 Å². The Kier molecular flexibility index (Phi) is 2.68. The van der Waals surface area contributed by atoms with Crippen LogP contribution >= 0.6 is 0 Å². The van der Waals surface area contributed by atoms with Gasteiger partial charge in [0.1, 0.15) is 0 Å². The Balaban J connectivity index is 3.71. The molecule has 0 radical (unpaired) electrons. The molecule has 0 saturated heterocycles. The summed E-state index contributed by atoms with van der Waals surface area (Å²) < 4.78 is 0. The molecule has 2 nitrogen and oxygen atoms in total. The standard InChI is InChI=1S/C7H16N2/c1-7(2,3)6-8-9(4)5/h6H,1-5H3. The van der Waals surface area contributed by atoms with Crippen LogP contribution in [-0.2, 0) is 0 Å². The summed E-state index contributed by atoms with van der Waals surface area (Å²) in [6.45, 7) is 6.38.